The van der Waals surface area contributed by atoms with Gasteiger partial charge in [0.05, 0.1) is 18.4 Å². The molecule has 1 aromatic carbocycles. The number of furan rings is 1. The predicted octanol–water partition coefficient (Wildman–Crippen LogP) is 2.62. The quantitative estimate of drug-likeness (QED) is 0.633. The van der Waals surface area contributed by atoms with Crippen LogP contribution >= 0.6 is 11.3 Å². The Labute approximate surface area is 164 Å². The summed E-state index contributed by atoms with van der Waals surface area (Å²) in [5, 5.41) is 7.68. The Kier molecular flexibility index (Phi) is 5.24. The number of carbonyl (C=O) groups is 2. The average molecular weight is 399 g/mol. The smallest absolute Gasteiger partial charge is 0.293 e. The van der Waals surface area contributed by atoms with Gasteiger partial charge in [0.25, 0.3) is 5.91 Å². The third-order valence-electron chi connectivity index (χ3n) is 4.03. The minimum atomic E-state index is -0.376. The highest BCUT2D eigenvalue weighted by atomic mass is 32.1. The molecule has 0 aliphatic carbocycles. The number of nitrogens with one attached hydrogen (secondary N) is 2. The van der Waals surface area contributed by atoms with Crippen LogP contribution in [0.25, 0.3) is 0 Å². The van der Waals surface area contributed by atoms with E-state index >= 15 is 0 Å². The number of amides is 2. The SMILES string of the molecule is O=C(Cc1csc(NC(=O)c2ccco2)n1)NCCc1ccc2c(c1)OCO2. The van der Waals surface area contributed by atoms with Crippen molar-refractivity contribution in [2.45, 2.75) is 12.8 Å². The molecule has 2 aromatic heterocycles. The molecule has 144 valence electrons. The Balaban J connectivity index is 1.23. The zero-order valence-electron chi connectivity index (χ0n) is 14.8. The van der Waals surface area contributed by atoms with Gasteiger partial charge in [-0.15, -0.1) is 11.3 Å². The van der Waals surface area contributed by atoms with E-state index in [-0.39, 0.29) is 30.8 Å². The maximum atomic E-state index is 12.1. The van der Waals surface area contributed by atoms with Crippen LogP contribution in [0.15, 0.2) is 46.4 Å². The zero-order chi connectivity index (χ0) is 19.3. The number of benzene rings is 1. The summed E-state index contributed by atoms with van der Waals surface area (Å²) in [6, 6.07) is 8.94. The predicted molar refractivity (Wildman–Crippen MR) is 102 cm³/mol. The van der Waals surface area contributed by atoms with Crippen LogP contribution in [-0.2, 0) is 17.6 Å². The first-order valence-corrected chi connectivity index (χ1v) is 9.50. The van der Waals surface area contributed by atoms with Gasteiger partial charge in [-0.1, -0.05) is 6.07 Å². The Hall–Kier alpha value is -3.33. The van der Waals surface area contributed by atoms with Gasteiger partial charge < -0.3 is 19.2 Å². The molecule has 0 bridgehead atoms. The van der Waals surface area contributed by atoms with Crippen molar-refractivity contribution in [1.29, 1.82) is 0 Å². The number of anilines is 1. The van der Waals surface area contributed by atoms with Crippen LogP contribution in [0, 0.1) is 0 Å². The lowest BCUT2D eigenvalue weighted by molar-refractivity contribution is -0.120. The Morgan fingerprint density at radius 1 is 1.18 bits per heavy atom. The van der Waals surface area contributed by atoms with Gasteiger partial charge in [0.2, 0.25) is 12.7 Å². The first-order chi connectivity index (χ1) is 13.7. The molecule has 3 heterocycles. The van der Waals surface area contributed by atoms with Crippen LogP contribution < -0.4 is 20.1 Å². The van der Waals surface area contributed by atoms with Crippen LogP contribution in [0.4, 0.5) is 5.13 Å². The first-order valence-electron chi connectivity index (χ1n) is 8.62. The van der Waals surface area contributed by atoms with Crippen molar-refractivity contribution in [2.24, 2.45) is 0 Å². The fourth-order valence-corrected chi connectivity index (χ4v) is 3.39. The maximum Gasteiger partial charge on any atom is 0.293 e. The molecular weight excluding hydrogens is 382 g/mol. The third kappa shape index (κ3) is 4.32. The minimum absolute atomic E-state index is 0.130. The summed E-state index contributed by atoms with van der Waals surface area (Å²) in [6.07, 6.45) is 2.26. The molecule has 28 heavy (non-hydrogen) atoms. The van der Waals surface area contributed by atoms with E-state index in [1.807, 2.05) is 18.2 Å². The van der Waals surface area contributed by atoms with Crippen molar-refractivity contribution < 1.29 is 23.5 Å². The van der Waals surface area contributed by atoms with Gasteiger partial charge >= 0.3 is 0 Å². The van der Waals surface area contributed by atoms with E-state index in [1.54, 1.807) is 17.5 Å². The van der Waals surface area contributed by atoms with Crippen LogP contribution in [0.3, 0.4) is 0 Å². The molecule has 0 unspecified atom stereocenters. The average Bonchev–Trinajstić information content (AvgIpc) is 3.43. The zero-order valence-corrected chi connectivity index (χ0v) is 15.6. The molecule has 0 saturated carbocycles. The number of hydrogen-bond acceptors (Lipinski definition) is 7. The monoisotopic (exact) mass is 399 g/mol. The Morgan fingerprint density at radius 3 is 2.93 bits per heavy atom. The number of rotatable bonds is 7. The molecule has 1 aliphatic heterocycles. The summed E-state index contributed by atoms with van der Waals surface area (Å²) < 4.78 is 15.7. The molecule has 2 N–H and O–H groups in total. The van der Waals surface area contributed by atoms with Gasteiger partial charge in [-0.3, -0.25) is 14.9 Å². The van der Waals surface area contributed by atoms with Crippen molar-refractivity contribution >= 4 is 28.3 Å². The molecule has 0 saturated heterocycles. The molecule has 0 spiro atoms. The second kappa shape index (κ2) is 8.13. The van der Waals surface area contributed by atoms with E-state index in [4.69, 9.17) is 13.9 Å². The van der Waals surface area contributed by atoms with E-state index in [0.29, 0.717) is 23.8 Å². The number of hydrogen-bond donors (Lipinski definition) is 2. The van der Waals surface area contributed by atoms with Gasteiger partial charge in [0, 0.05) is 11.9 Å². The lowest BCUT2D eigenvalue weighted by Gasteiger charge is -2.05. The number of fused-ring (bicyclic) bond motifs is 1. The van der Waals surface area contributed by atoms with Gasteiger partial charge in [0.15, 0.2) is 22.4 Å². The van der Waals surface area contributed by atoms with Crippen molar-refractivity contribution in [1.82, 2.24) is 10.3 Å². The van der Waals surface area contributed by atoms with Crippen molar-refractivity contribution in [3.63, 3.8) is 0 Å². The molecule has 3 aromatic rings. The maximum absolute atomic E-state index is 12.1. The van der Waals surface area contributed by atoms with Crippen LogP contribution in [0.2, 0.25) is 0 Å². The number of nitrogens with zero attached hydrogens (tertiary/aromatic N) is 1. The van der Waals surface area contributed by atoms with Gasteiger partial charge in [-0.05, 0) is 36.2 Å². The standard InChI is InChI=1S/C19H17N3O5S/c23-17(20-6-5-12-3-4-14-16(8-12)27-11-26-14)9-13-10-28-19(21-13)22-18(24)15-2-1-7-25-15/h1-4,7-8,10H,5-6,9,11H2,(H,20,23)(H,21,22,24). The number of thiazole rings is 1. The summed E-state index contributed by atoms with van der Waals surface area (Å²) in [6.45, 7) is 0.748. The van der Waals surface area contributed by atoms with Gasteiger partial charge in [-0.2, -0.15) is 0 Å². The van der Waals surface area contributed by atoms with Crippen molar-refractivity contribution in [3.8, 4) is 11.5 Å². The Bertz CT molecular complexity index is 983. The molecule has 8 nitrogen and oxygen atoms in total. The topological polar surface area (TPSA) is 103 Å². The van der Waals surface area contributed by atoms with Gasteiger partial charge in [-0.25, -0.2) is 4.98 Å². The van der Waals surface area contributed by atoms with E-state index < -0.39 is 0 Å². The summed E-state index contributed by atoms with van der Waals surface area (Å²) in [7, 11) is 0. The second-order valence-corrected chi connectivity index (χ2v) is 6.90. The highest BCUT2D eigenvalue weighted by Crippen LogP contribution is 2.32. The van der Waals surface area contributed by atoms with E-state index in [2.05, 4.69) is 15.6 Å². The first kappa shape index (κ1) is 18.1. The highest BCUT2D eigenvalue weighted by molar-refractivity contribution is 7.14. The second-order valence-electron chi connectivity index (χ2n) is 6.04. The lowest BCUT2D eigenvalue weighted by Crippen LogP contribution is -2.27. The van der Waals surface area contributed by atoms with Crippen LogP contribution in [-0.4, -0.2) is 30.1 Å². The Morgan fingerprint density at radius 2 is 2.07 bits per heavy atom. The minimum Gasteiger partial charge on any atom is -0.459 e. The number of aromatic nitrogens is 1. The fourth-order valence-electron chi connectivity index (χ4n) is 2.68. The molecule has 4 rings (SSSR count). The van der Waals surface area contributed by atoms with Crippen LogP contribution in [0.1, 0.15) is 21.8 Å². The van der Waals surface area contributed by atoms with Crippen molar-refractivity contribution in [3.05, 3.63) is 59.0 Å². The molecule has 0 atom stereocenters. The third-order valence-corrected chi connectivity index (χ3v) is 4.84. The lowest BCUT2D eigenvalue weighted by atomic mass is 10.1. The highest BCUT2D eigenvalue weighted by Gasteiger charge is 2.14. The largest absolute Gasteiger partial charge is 0.459 e. The number of ether oxygens (including phenoxy) is 2. The molecule has 0 fully saturated rings. The van der Waals surface area contributed by atoms with E-state index in [1.165, 1.54) is 17.6 Å². The summed E-state index contributed by atoms with van der Waals surface area (Å²) in [4.78, 5) is 28.3. The summed E-state index contributed by atoms with van der Waals surface area (Å²) in [5.74, 6) is 1.17. The normalized spacial score (nSPS) is 12.0. The van der Waals surface area contributed by atoms with Crippen molar-refractivity contribution in [2.75, 3.05) is 18.7 Å². The molecule has 1 aliphatic rings. The summed E-state index contributed by atoms with van der Waals surface area (Å²) >= 11 is 1.26. The number of carbonyl (C=O) groups excluding carboxylic acids is 2. The molecule has 9 heteroatoms. The van der Waals surface area contributed by atoms with Gasteiger partial charge in [0.1, 0.15) is 0 Å². The van der Waals surface area contributed by atoms with E-state index in [9.17, 15) is 9.59 Å². The molecule has 2 amide bonds. The summed E-state index contributed by atoms with van der Waals surface area (Å²) in [5.41, 5.74) is 1.65. The fraction of sp³-hybridized carbons (Fsp3) is 0.211. The van der Waals surface area contributed by atoms with E-state index in [0.717, 1.165) is 17.1 Å². The molecule has 0 radical (unpaired) electrons. The molecular formula is C19H17N3O5S. The van der Waals surface area contributed by atoms with Crippen LogP contribution in [0.5, 0.6) is 11.5 Å².